The van der Waals surface area contributed by atoms with E-state index in [9.17, 15) is 4.79 Å². The van der Waals surface area contributed by atoms with Crippen molar-refractivity contribution >= 4 is 40.9 Å². The van der Waals surface area contributed by atoms with Gasteiger partial charge in [0.05, 0.1) is 0 Å². The van der Waals surface area contributed by atoms with E-state index in [1.54, 1.807) is 11.8 Å². The molecule has 0 atom stereocenters. The van der Waals surface area contributed by atoms with Crippen LogP contribution in [-0.2, 0) is 17.0 Å². The van der Waals surface area contributed by atoms with E-state index in [0.29, 0.717) is 28.9 Å². The summed E-state index contributed by atoms with van der Waals surface area (Å²) in [6.07, 6.45) is 1.29. The molecule has 1 N–H and O–H groups in total. The van der Waals surface area contributed by atoms with E-state index >= 15 is 0 Å². The Morgan fingerprint density at radius 3 is 2.35 bits per heavy atom. The molecule has 0 radical (unpaired) electrons. The average Bonchev–Trinajstić information content (AvgIpc) is 2.62. The van der Waals surface area contributed by atoms with Crippen molar-refractivity contribution in [1.29, 1.82) is 0 Å². The minimum atomic E-state index is 0.0920. The summed E-state index contributed by atoms with van der Waals surface area (Å²) in [5, 5.41) is 4.36. The summed E-state index contributed by atoms with van der Waals surface area (Å²) in [5.41, 5.74) is 3.48. The van der Waals surface area contributed by atoms with Crippen LogP contribution in [0.3, 0.4) is 0 Å². The Morgan fingerprint density at radius 2 is 1.73 bits per heavy atom. The average molecular weight is 410 g/mol. The molecule has 140 valence electrons. The van der Waals surface area contributed by atoms with E-state index in [1.807, 2.05) is 18.2 Å². The van der Waals surface area contributed by atoms with Crippen molar-refractivity contribution in [2.45, 2.75) is 38.4 Å². The first kappa shape index (κ1) is 21.1. The van der Waals surface area contributed by atoms with Crippen LogP contribution in [0.15, 0.2) is 42.5 Å². The minimum absolute atomic E-state index is 0.0920. The highest BCUT2D eigenvalue weighted by molar-refractivity contribution is 7.98. The predicted molar refractivity (Wildman–Crippen MR) is 114 cm³/mol. The lowest BCUT2D eigenvalue weighted by Gasteiger charge is -2.09. The summed E-state index contributed by atoms with van der Waals surface area (Å²) in [6, 6.07) is 14.1. The fraction of sp³-hybridized carbons (Fsp3) is 0.381. The number of hydrogen-bond donors (Lipinski definition) is 1. The third-order valence-corrected chi connectivity index (χ3v) is 5.86. The van der Waals surface area contributed by atoms with E-state index in [2.05, 4.69) is 43.4 Å². The second-order valence-corrected chi connectivity index (χ2v) is 8.42. The smallest absolute Gasteiger partial charge is 0.220 e. The maximum atomic E-state index is 12.0. The predicted octanol–water partition coefficient (Wildman–Crippen LogP) is 6.10. The van der Waals surface area contributed by atoms with Crippen LogP contribution in [0.25, 0.3) is 0 Å². The molecule has 1 amide bonds. The highest BCUT2D eigenvalue weighted by Gasteiger charge is 2.06. The SMILES string of the molecule is CC(C)c1ccc(CCC(=O)NCCSCc2c(Cl)cccc2Cl)cc1. The van der Waals surface area contributed by atoms with Gasteiger partial charge < -0.3 is 5.32 Å². The van der Waals surface area contributed by atoms with Crippen molar-refractivity contribution in [1.82, 2.24) is 5.32 Å². The molecule has 0 fully saturated rings. The Kier molecular flexibility index (Phi) is 8.83. The van der Waals surface area contributed by atoms with Gasteiger partial charge in [-0.15, -0.1) is 0 Å². The molecule has 0 unspecified atom stereocenters. The molecule has 0 spiro atoms. The molecular weight excluding hydrogens is 385 g/mol. The van der Waals surface area contributed by atoms with Crippen LogP contribution >= 0.6 is 35.0 Å². The van der Waals surface area contributed by atoms with Gasteiger partial charge in [-0.05, 0) is 41.2 Å². The van der Waals surface area contributed by atoms with Gasteiger partial charge in [-0.1, -0.05) is 67.4 Å². The summed E-state index contributed by atoms with van der Waals surface area (Å²) < 4.78 is 0. The number of carbonyl (C=O) groups excluding carboxylic acids is 1. The fourth-order valence-electron chi connectivity index (χ4n) is 2.52. The monoisotopic (exact) mass is 409 g/mol. The Morgan fingerprint density at radius 1 is 1.08 bits per heavy atom. The van der Waals surface area contributed by atoms with E-state index < -0.39 is 0 Å². The number of thioether (sulfide) groups is 1. The van der Waals surface area contributed by atoms with Crippen molar-refractivity contribution < 1.29 is 4.79 Å². The number of benzene rings is 2. The molecule has 5 heteroatoms. The Labute approximate surface area is 170 Å². The molecule has 26 heavy (non-hydrogen) atoms. The zero-order valence-corrected chi connectivity index (χ0v) is 17.6. The summed E-state index contributed by atoms with van der Waals surface area (Å²) in [7, 11) is 0. The molecule has 0 aromatic heterocycles. The van der Waals surface area contributed by atoms with Gasteiger partial charge >= 0.3 is 0 Å². The van der Waals surface area contributed by atoms with E-state index in [4.69, 9.17) is 23.2 Å². The molecule has 0 aliphatic heterocycles. The lowest BCUT2D eigenvalue weighted by molar-refractivity contribution is -0.120. The highest BCUT2D eigenvalue weighted by atomic mass is 35.5. The van der Waals surface area contributed by atoms with Crippen LogP contribution in [-0.4, -0.2) is 18.2 Å². The topological polar surface area (TPSA) is 29.1 Å². The van der Waals surface area contributed by atoms with Gasteiger partial charge in [-0.2, -0.15) is 11.8 Å². The highest BCUT2D eigenvalue weighted by Crippen LogP contribution is 2.27. The number of nitrogens with one attached hydrogen (secondary N) is 1. The van der Waals surface area contributed by atoms with Gasteiger partial charge in [0.2, 0.25) is 5.91 Å². The van der Waals surface area contributed by atoms with Gasteiger partial charge in [-0.3, -0.25) is 4.79 Å². The molecule has 0 bridgehead atoms. The molecule has 0 aliphatic carbocycles. The summed E-state index contributed by atoms with van der Waals surface area (Å²) in [5.74, 6) is 2.20. The second kappa shape index (κ2) is 10.9. The van der Waals surface area contributed by atoms with Gasteiger partial charge in [-0.25, -0.2) is 0 Å². The quantitative estimate of drug-likeness (QED) is 0.506. The molecule has 0 saturated heterocycles. The number of aryl methyl sites for hydroxylation is 1. The molecule has 0 saturated carbocycles. The molecule has 2 aromatic carbocycles. The Bertz CT molecular complexity index is 696. The number of rotatable bonds is 9. The third-order valence-electron chi connectivity index (χ3n) is 4.16. The molecular formula is C21H25Cl2NOS. The first-order valence-corrected chi connectivity index (χ1v) is 10.7. The number of amides is 1. The maximum absolute atomic E-state index is 12.0. The second-order valence-electron chi connectivity index (χ2n) is 6.50. The van der Waals surface area contributed by atoms with Crippen LogP contribution in [0.4, 0.5) is 0 Å². The standard InChI is InChI=1S/C21H25Cl2NOS/c1-15(2)17-9-6-16(7-10-17)8-11-21(25)24-12-13-26-14-18-19(22)4-3-5-20(18)23/h3-7,9-10,15H,8,11-14H2,1-2H3,(H,24,25). The van der Waals surface area contributed by atoms with Crippen molar-refractivity contribution in [2.75, 3.05) is 12.3 Å². The minimum Gasteiger partial charge on any atom is -0.355 e. The molecule has 2 nitrogen and oxygen atoms in total. The molecule has 0 aliphatic rings. The Balaban J connectivity index is 1.63. The van der Waals surface area contributed by atoms with Crippen molar-refractivity contribution in [3.8, 4) is 0 Å². The normalized spacial score (nSPS) is 11.0. The van der Waals surface area contributed by atoms with Crippen molar-refractivity contribution in [2.24, 2.45) is 0 Å². The first-order chi connectivity index (χ1) is 12.5. The zero-order valence-electron chi connectivity index (χ0n) is 15.2. The first-order valence-electron chi connectivity index (χ1n) is 8.83. The van der Waals surface area contributed by atoms with Crippen molar-refractivity contribution in [3.05, 3.63) is 69.2 Å². The van der Waals surface area contributed by atoms with Crippen molar-refractivity contribution in [3.63, 3.8) is 0 Å². The third kappa shape index (κ3) is 6.86. The number of carbonyl (C=O) groups is 1. The summed E-state index contributed by atoms with van der Waals surface area (Å²) >= 11 is 14.0. The van der Waals surface area contributed by atoms with Crippen LogP contribution in [0.2, 0.25) is 10.0 Å². The summed E-state index contributed by atoms with van der Waals surface area (Å²) in [4.78, 5) is 12.0. The van der Waals surface area contributed by atoms with Gasteiger partial charge in [0, 0.05) is 34.5 Å². The van der Waals surface area contributed by atoms with E-state index in [0.717, 1.165) is 23.5 Å². The molecule has 2 aromatic rings. The van der Waals surface area contributed by atoms with E-state index in [1.165, 1.54) is 11.1 Å². The Hall–Kier alpha value is -1.16. The molecule has 2 rings (SSSR count). The van der Waals surface area contributed by atoms with Gasteiger partial charge in [0.25, 0.3) is 0 Å². The van der Waals surface area contributed by atoms with Crippen LogP contribution < -0.4 is 5.32 Å². The molecule has 0 heterocycles. The van der Waals surface area contributed by atoms with E-state index in [-0.39, 0.29) is 5.91 Å². The lowest BCUT2D eigenvalue weighted by Crippen LogP contribution is -2.25. The van der Waals surface area contributed by atoms with Crippen LogP contribution in [0.5, 0.6) is 0 Å². The van der Waals surface area contributed by atoms with Gasteiger partial charge in [0.15, 0.2) is 0 Å². The number of halogens is 2. The van der Waals surface area contributed by atoms with Crippen LogP contribution in [0.1, 0.15) is 42.9 Å². The fourth-order valence-corrected chi connectivity index (χ4v) is 4.12. The van der Waals surface area contributed by atoms with Crippen LogP contribution in [0, 0.1) is 0 Å². The largest absolute Gasteiger partial charge is 0.355 e. The maximum Gasteiger partial charge on any atom is 0.220 e. The zero-order chi connectivity index (χ0) is 18.9. The number of hydrogen-bond acceptors (Lipinski definition) is 2. The lowest BCUT2D eigenvalue weighted by atomic mass is 10.0. The summed E-state index contributed by atoms with van der Waals surface area (Å²) in [6.45, 7) is 5.01. The van der Waals surface area contributed by atoms with Gasteiger partial charge in [0.1, 0.15) is 0 Å².